The van der Waals surface area contributed by atoms with Crippen LogP contribution in [0.5, 0.6) is 11.5 Å². The van der Waals surface area contributed by atoms with Gasteiger partial charge in [0.15, 0.2) is 0 Å². The number of para-hydroxylation sites is 1. The van der Waals surface area contributed by atoms with Crippen LogP contribution in [-0.2, 0) is 19.2 Å². The summed E-state index contributed by atoms with van der Waals surface area (Å²) in [5, 5.41) is 2.83. The highest BCUT2D eigenvalue weighted by atomic mass is 16.5. The lowest BCUT2D eigenvalue weighted by Gasteiger charge is -2.18. The minimum atomic E-state index is -0.315. The van der Waals surface area contributed by atoms with Crippen LogP contribution in [0.2, 0.25) is 0 Å². The number of carbonyl (C=O) groups excluding carboxylic acids is 4. The fourth-order valence-corrected chi connectivity index (χ4v) is 3.76. The summed E-state index contributed by atoms with van der Waals surface area (Å²) >= 11 is 0. The van der Waals surface area contributed by atoms with Crippen LogP contribution in [0.3, 0.4) is 0 Å². The molecule has 160 valence electrons. The van der Waals surface area contributed by atoms with E-state index in [0.29, 0.717) is 12.3 Å². The van der Waals surface area contributed by atoms with Crippen LogP contribution >= 0.6 is 0 Å². The molecule has 8 nitrogen and oxygen atoms in total. The Morgan fingerprint density at radius 3 is 2.23 bits per heavy atom. The van der Waals surface area contributed by atoms with Gasteiger partial charge in [-0.15, -0.1) is 0 Å². The van der Waals surface area contributed by atoms with E-state index in [-0.39, 0.29) is 61.9 Å². The minimum absolute atomic E-state index is 0.0354. The fourth-order valence-electron chi connectivity index (χ4n) is 3.76. The highest BCUT2D eigenvalue weighted by molar-refractivity contribution is 6.02. The summed E-state index contributed by atoms with van der Waals surface area (Å²) in [6.07, 6.45) is 0.659. The number of hydrogen-bond donors (Lipinski definition) is 1. The first-order valence-corrected chi connectivity index (χ1v) is 10.3. The molecule has 2 saturated heterocycles. The molecule has 2 fully saturated rings. The average molecular weight is 421 g/mol. The molecule has 2 aliphatic heterocycles. The predicted octanol–water partition coefficient (Wildman–Crippen LogP) is 2.24. The van der Waals surface area contributed by atoms with E-state index in [9.17, 15) is 19.2 Å². The summed E-state index contributed by atoms with van der Waals surface area (Å²) in [7, 11) is 0. The van der Waals surface area contributed by atoms with Crippen molar-refractivity contribution in [3.8, 4) is 11.5 Å². The quantitative estimate of drug-likeness (QED) is 0.692. The number of imide groups is 1. The molecular weight excluding hydrogens is 398 g/mol. The highest BCUT2D eigenvalue weighted by Crippen LogP contribution is 2.27. The van der Waals surface area contributed by atoms with Crippen LogP contribution in [0.15, 0.2) is 54.6 Å². The molecule has 2 heterocycles. The van der Waals surface area contributed by atoms with E-state index >= 15 is 0 Å². The Morgan fingerprint density at radius 2 is 1.55 bits per heavy atom. The van der Waals surface area contributed by atoms with Gasteiger partial charge in [-0.05, 0) is 36.4 Å². The molecular formula is C23H23N3O5. The predicted molar refractivity (Wildman–Crippen MR) is 112 cm³/mol. The van der Waals surface area contributed by atoms with Crippen molar-refractivity contribution in [3.63, 3.8) is 0 Å². The number of anilines is 1. The molecule has 1 unspecified atom stereocenters. The monoisotopic (exact) mass is 421 g/mol. The second kappa shape index (κ2) is 8.99. The maximum absolute atomic E-state index is 12.4. The van der Waals surface area contributed by atoms with Crippen LogP contribution in [-0.4, -0.2) is 47.7 Å². The number of amides is 4. The van der Waals surface area contributed by atoms with Crippen LogP contribution < -0.4 is 15.0 Å². The van der Waals surface area contributed by atoms with Crippen molar-refractivity contribution in [3.05, 3.63) is 54.6 Å². The average Bonchev–Trinajstić information content (AvgIpc) is 3.29. The van der Waals surface area contributed by atoms with Crippen molar-refractivity contribution in [2.45, 2.75) is 31.7 Å². The van der Waals surface area contributed by atoms with E-state index < -0.39 is 0 Å². The Balaban J connectivity index is 1.29. The molecule has 1 atom stereocenters. The normalized spacial score (nSPS) is 18.6. The maximum atomic E-state index is 12.4. The standard InChI is InChI=1S/C23H23N3O5/c27-20(12-13-25-21(28)10-11-22(25)29)24-16-14-23(30)26(15-16)17-6-8-19(9-7-17)31-18-4-2-1-3-5-18/h1-9,16H,10-15H2,(H,24,27). The van der Waals surface area contributed by atoms with Gasteiger partial charge in [-0.2, -0.15) is 0 Å². The molecule has 2 aliphatic rings. The van der Waals surface area contributed by atoms with E-state index in [0.717, 1.165) is 16.3 Å². The van der Waals surface area contributed by atoms with Gasteiger partial charge in [0.2, 0.25) is 23.6 Å². The van der Waals surface area contributed by atoms with Crippen molar-refractivity contribution < 1.29 is 23.9 Å². The van der Waals surface area contributed by atoms with Gasteiger partial charge in [0.25, 0.3) is 0 Å². The number of carbonyl (C=O) groups is 4. The molecule has 0 aromatic heterocycles. The van der Waals surface area contributed by atoms with Crippen molar-refractivity contribution >= 4 is 29.3 Å². The smallest absolute Gasteiger partial charge is 0.229 e. The minimum Gasteiger partial charge on any atom is -0.457 e. The number of nitrogens with one attached hydrogen (secondary N) is 1. The maximum Gasteiger partial charge on any atom is 0.229 e. The summed E-state index contributed by atoms with van der Waals surface area (Å²) in [5.74, 6) is 0.565. The molecule has 0 saturated carbocycles. The topological polar surface area (TPSA) is 96.0 Å². The van der Waals surface area contributed by atoms with E-state index in [2.05, 4.69) is 5.32 Å². The number of likely N-dealkylation sites (tertiary alicyclic amines) is 1. The summed E-state index contributed by atoms with van der Waals surface area (Å²) in [6.45, 7) is 0.446. The van der Waals surface area contributed by atoms with Gasteiger partial charge in [-0.3, -0.25) is 24.1 Å². The Labute approximate surface area is 179 Å². The van der Waals surface area contributed by atoms with Crippen LogP contribution in [0.4, 0.5) is 5.69 Å². The fraction of sp³-hybridized carbons (Fsp3) is 0.304. The van der Waals surface area contributed by atoms with Crippen molar-refractivity contribution in [1.82, 2.24) is 10.2 Å². The van der Waals surface area contributed by atoms with Crippen LogP contribution in [0, 0.1) is 0 Å². The molecule has 0 radical (unpaired) electrons. The summed E-state index contributed by atoms with van der Waals surface area (Å²) in [4.78, 5) is 50.7. The third-order valence-electron chi connectivity index (χ3n) is 5.33. The molecule has 1 N–H and O–H groups in total. The zero-order chi connectivity index (χ0) is 21.8. The number of benzene rings is 2. The summed E-state index contributed by atoms with van der Waals surface area (Å²) < 4.78 is 5.77. The van der Waals surface area contributed by atoms with E-state index in [1.807, 2.05) is 42.5 Å². The van der Waals surface area contributed by atoms with Crippen LogP contribution in [0.1, 0.15) is 25.7 Å². The first kappa shape index (κ1) is 20.6. The number of nitrogens with zero attached hydrogens (tertiary/aromatic N) is 2. The van der Waals surface area contributed by atoms with Gasteiger partial charge in [0.05, 0.1) is 6.04 Å². The first-order valence-electron chi connectivity index (χ1n) is 10.3. The van der Waals surface area contributed by atoms with Gasteiger partial charge in [-0.1, -0.05) is 18.2 Å². The Morgan fingerprint density at radius 1 is 0.903 bits per heavy atom. The third-order valence-corrected chi connectivity index (χ3v) is 5.33. The van der Waals surface area contributed by atoms with Crippen molar-refractivity contribution in [1.29, 1.82) is 0 Å². The highest BCUT2D eigenvalue weighted by Gasteiger charge is 2.32. The molecule has 0 bridgehead atoms. The summed E-state index contributed by atoms with van der Waals surface area (Å²) in [5.41, 5.74) is 0.732. The molecule has 8 heteroatoms. The van der Waals surface area contributed by atoms with Gasteiger partial charge >= 0.3 is 0 Å². The van der Waals surface area contributed by atoms with Crippen molar-refractivity contribution in [2.75, 3.05) is 18.0 Å². The second-order valence-corrected chi connectivity index (χ2v) is 7.57. The molecule has 2 aromatic rings. The van der Waals surface area contributed by atoms with Gasteiger partial charge in [0.1, 0.15) is 11.5 Å². The van der Waals surface area contributed by atoms with E-state index in [1.54, 1.807) is 17.0 Å². The lowest BCUT2D eigenvalue weighted by molar-refractivity contribution is -0.138. The largest absolute Gasteiger partial charge is 0.457 e. The Bertz CT molecular complexity index is 974. The van der Waals surface area contributed by atoms with Gasteiger partial charge in [-0.25, -0.2) is 0 Å². The second-order valence-electron chi connectivity index (χ2n) is 7.57. The number of hydrogen-bond acceptors (Lipinski definition) is 5. The SMILES string of the molecule is O=C(CCN1C(=O)CCC1=O)NC1CC(=O)N(c2ccc(Oc3ccccc3)cc2)C1. The molecule has 4 rings (SSSR count). The lowest BCUT2D eigenvalue weighted by atomic mass is 10.2. The van der Waals surface area contributed by atoms with Gasteiger partial charge < -0.3 is 15.0 Å². The van der Waals surface area contributed by atoms with E-state index in [1.165, 1.54) is 0 Å². The van der Waals surface area contributed by atoms with Crippen molar-refractivity contribution in [2.24, 2.45) is 0 Å². The zero-order valence-corrected chi connectivity index (χ0v) is 17.0. The molecule has 0 spiro atoms. The Kier molecular flexibility index (Phi) is 5.97. The molecule has 4 amide bonds. The zero-order valence-electron chi connectivity index (χ0n) is 17.0. The molecule has 31 heavy (non-hydrogen) atoms. The third kappa shape index (κ3) is 4.91. The van der Waals surface area contributed by atoms with Crippen LogP contribution in [0.25, 0.3) is 0 Å². The Hall–Kier alpha value is -3.68. The number of ether oxygens (including phenoxy) is 1. The molecule has 0 aliphatic carbocycles. The van der Waals surface area contributed by atoms with E-state index in [4.69, 9.17) is 4.74 Å². The first-order chi connectivity index (χ1) is 15.0. The lowest BCUT2D eigenvalue weighted by Crippen LogP contribution is -2.39. The number of rotatable bonds is 7. The molecule has 2 aromatic carbocycles. The summed E-state index contributed by atoms with van der Waals surface area (Å²) in [6, 6.07) is 16.3. The van der Waals surface area contributed by atoms with Gasteiger partial charge in [0, 0.05) is 44.5 Å².